The summed E-state index contributed by atoms with van der Waals surface area (Å²) >= 11 is 0. The Balaban J connectivity index is 1.54. The van der Waals surface area contributed by atoms with Crippen LogP contribution in [0, 0.1) is 0 Å². The molecule has 0 spiro atoms. The molecule has 1 aromatic carbocycles. The molecule has 0 bridgehead atoms. The molecule has 1 fully saturated rings. The largest absolute Gasteiger partial charge is 0.336 e. The van der Waals surface area contributed by atoms with Crippen molar-refractivity contribution in [1.82, 2.24) is 19.8 Å². The highest BCUT2D eigenvalue weighted by Gasteiger charge is 2.19. The number of carbonyl (C=O) groups is 1. The lowest BCUT2D eigenvalue weighted by molar-refractivity contribution is 0.185. The number of nitrogens with zero attached hydrogens (tertiary/aromatic N) is 3. The number of nitrogens with one attached hydrogen (secondary N) is 2. The number of carbonyl (C=O) groups excluding carboxylic acids is 1. The molecule has 1 atom stereocenters. The number of para-hydroxylation sites is 1. The van der Waals surface area contributed by atoms with E-state index in [1.807, 2.05) is 29.0 Å². The van der Waals surface area contributed by atoms with Crippen molar-refractivity contribution in [2.75, 3.05) is 18.9 Å². The van der Waals surface area contributed by atoms with Crippen molar-refractivity contribution >= 4 is 11.7 Å². The van der Waals surface area contributed by atoms with Gasteiger partial charge in [-0.1, -0.05) is 37.5 Å². The van der Waals surface area contributed by atoms with Gasteiger partial charge in [0.25, 0.3) is 0 Å². The minimum atomic E-state index is -0.172. The summed E-state index contributed by atoms with van der Waals surface area (Å²) in [6, 6.07) is 8.71. The molecule has 0 radical (unpaired) electrons. The summed E-state index contributed by atoms with van der Waals surface area (Å²) < 4.78 is 1.98. The number of aromatic nitrogens is 2. The molecule has 27 heavy (non-hydrogen) atoms. The zero-order valence-electron chi connectivity index (χ0n) is 16.4. The lowest BCUT2D eigenvalue weighted by atomic mass is 9.94. The van der Waals surface area contributed by atoms with E-state index in [4.69, 9.17) is 0 Å². The van der Waals surface area contributed by atoms with Crippen LogP contribution in [-0.2, 0) is 6.54 Å². The van der Waals surface area contributed by atoms with Crippen LogP contribution < -0.4 is 10.6 Å². The number of imidazole rings is 1. The molecule has 0 saturated heterocycles. The third-order valence-corrected chi connectivity index (χ3v) is 5.48. The average molecular weight is 370 g/mol. The highest BCUT2D eigenvalue weighted by molar-refractivity contribution is 5.90. The van der Waals surface area contributed by atoms with Crippen molar-refractivity contribution in [3.63, 3.8) is 0 Å². The molecule has 146 valence electrons. The molecule has 3 rings (SSSR count). The Bertz CT molecular complexity index is 709. The van der Waals surface area contributed by atoms with Crippen molar-refractivity contribution in [2.45, 2.75) is 57.7 Å². The van der Waals surface area contributed by atoms with Crippen molar-refractivity contribution in [3.8, 4) is 0 Å². The molecule has 1 aliphatic carbocycles. The van der Waals surface area contributed by atoms with Gasteiger partial charge in [0, 0.05) is 43.3 Å². The van der Waals surface area contributed by atoms with Crippen molar-refractivity contribution in [3.05, 3.63) is 48.5 Å². The van der Waals surface area contributed by atoms with Gasteiger partial charge >= 0.3 is 6.03 Å². The van der Waals surface area contributed by atoms with Crippen LogP contribution in [0.3, 0.4) is 0 Å². The van der Waals surface area contributed by atoms with Gasteiger partial charge in [-0.25, -0.2) is 9.78 Å². The third kappa shape index (κ3) is 5.57. The van der Waals surface area contributed by atoms with Crippen LogP contribution in [0.5, 0.6) is 0 Å². The predicted molar refractivity (Wildman–Crippen MR) is 109 cm³/mol. The van der Waals surface area contributed by atoms with Gasteiger partial charge in [-0.05, 0) is 38.4 Å². The molecule has 1 saturated carbocycles. The van der Waals surface area contributed by atoms with E-state index in [2.05, 4.69) is 40.6 Å². The van der Waals surface area contributed by atoms with Crippen LogP contribution in [0.25, 0.3) is 0 Å². The van der Waals surface area contributed by atoms with Gasteiger partial charge in [-0.2, -0.15) is 0 Å². The molecule has 1 aliphatic rings. The number of amides is 2. The van der Waals surface area contributed by atoms with Gasteiger partial charge in [0.1, 0.15) is 0 Å². The average Bonchev–Trinajstić information content (AvgIpc) is 3.23. The molecular formula is C21H31N5O. The minimum absolute atomic E-state index is 0.158. The quantitative estimate of drug-likeness (QED) is 0.774. The van der Waals surface area contributed by atoms with Crippen LogP contribution >= 0.6 is 0 Å². The number of urea groups is 1. The lowest BCUT2D eigenvalue weighted by Gasteiger charge is -2.31. The fourth-order valence-corrected chi connectivity index (χ4v) is 3.74. The summed E-state index contributed by atoms with van der Waals surface area (Å²) in [6.07, 6.45) is 12.0. The van der Waals surface area contributed by atoms with Gasteiger partial charge in [-0.3, -0.25) is 4.90 Å². The SMILES string of the molecule is C[C@@H](CNC(=O)Nc1ccccc1CN(C)C1CCCCC1)n1ccnc1. The fourth-order valence-electron chi connectivity index (χ4n) is 3.74. The summed E-state index contributed by atoms with van der Waals surface area (Å²) in [5.74, 6) is 0. The van der Waals surface area contributed by atoms with Gasteiger partial charge in [0.05, 0.1) is 6.33 Å². The third-order valence-electron chi connectivity index (χ3n) is 5.48. The maximum Gasteiger partial charge on any atom is 0.319 e. The van der Waals surface area contributed by atoms with Crippen molar-refractivity contribution < 1.29 is 4.79 Å². The Morgan fingerprint density at radius 2 is 2.07 bits per heavy atom. The maximum atomic E-state index is 12.4. The van der Waals surface area contributed by atoms with Crippen LogP contribution in [0.1, 0.15) is 50.6 Å². The number of rotatable bonds is 7. The van der Waals surface area contributed by atoms with E-state index in [0.717, 1.165) is 17.8 Å². The topological polar surface area (TPSA) is 62.2 Å². The monoisotopic (exact) mass is 369 g/mol. The zero-order chi connectivity index (χ0) is 19.1. The van der Waals surface area contributed by atoms with E-state index in [1.165, 1.54) is 32.1 Å². The molecule has 0 unspecified atom stereocenters. The zero-order valence-corrected chi connectivity index (χ0v) is 16.4. The lowest BCUT2D eigenvalue weighted by Crippen LogP contribution is -2.35. The molecular weight excluding hydrogens is 338 g/mol. The van der Waals surface area contributed by atoms with Gasteiger partial charge in [0.2, 0.25) is 0 Å². The van der Waals surface area contributed by atoms with E-state index in [9.17, 15) is 4.79 Å². The number of hydrogen-bond donors (Lipinski definition) is 2. The predicted octanol–water partition coefficient (Wildman–Crippen LogP) is 4.03. The van der Waals surface area contributed by atoms with E-state index in [1.54, 1.807) is 12.5 Å². The number of anilines is 1. The highest BCUT2D eigenvalue weighted by atomic mass is 16.2. The summed E-state index contributed by atoms with van der Waals surface area (Å²) in [7, 11) is 2.19. The summed E-state index contributed by atoms with van der Waals surface area (Å²) in [5.41, 5.74) is 2.04. The van der Waals surface area contributed by atoms with E-state index in [-0.39, 0.29) is 12.1 Å². The van der Waals surface area contributed by atoms with Crippen LogP contribution in [-0.4, -0.2) is 40.1 Å². The highest BCUT2D eigenvalue weighted by Crippen LogP contribution is 2.24. The molecule has 1 aromatic heterocycles. The second kappa shape index (κ2) is 9.55. The molecule has 0 aliphatic heterocycles. The molecule has 2 aromatic rings. The van der Waals surface area contributed by atoms with Crippen molar-refractivity contribution in [2.24, 2.45) is 0 Å². The van der Waals surface area contributed by atoms with E-state index < -0.39 is 0 Å². The standard InChI is InChI=1S/C21H31N5O/c1-17(26-13-12-22-16-26)14-23-21(27)24-20-11-7-6-8-18(20)15-25(2)19-9-4-3-5-10-19/h6-8,11-13,16-17,19H,3-5,9-10,14-15H2,1-2H3,(H2,23,24,27)/t17-/m0/s1. The number of benzene rings is 1. The van der Waals surface area contributed by atoms with Crippen LogP contribution in [0.4, 0.5) is 10.5 Å². The molecule has 1 heterocycles. The van der Waals surface area contributed by atoms with Crippen LogP contribution in [0.2, 0.25) is 0 Å². The van der Waals surface area contributed by atoms with Crippen LogP contribution in [0.15, 0.2) is 43.0 Å². The first-order valence-corrected chi connectivity index (χ1v) is 9.94. The van der Waals surface area contributed by atoms with Crippen molar-refractivity contribution in [1.29, 1.82) is 0 Å². The van der Waals surface area contributed by atoms with Gasteiger partial charge < -0.3 is 15.2 Å². The first-order valence-electron chi connectivity index (χ1n) is 9.94. The Morgan fingerprint density at radius 3 is 2.81 bits per heavy atom. The smallest absolute Gasteiger partial charge is 0.319 e. The Kier molecular flexibility index (Phi) is 6.87. The first kappa shape index (κ1) is 19.4. The summed E-state index contributed by atoms with van der Waals surface area (Å²) in [4.78, 5) is 18.8. The fraction of sp³-hybridized carbons (Fsp3) is 0.524. The van der Waals surface area contributed by atoms with E-state index >= 15 is 0 Å². The molecule has 2 amide bonds. The number of hydrogen-bond acceptors (Lipinski definition) is 3. The Morgan fingerprint density at radius 1 is 1.30 bits per heavy atom. The Labute approximate surface area is 162 Å². The summed E-state index contributed by atoms with van der Waals surface area (Å²) in [5, 5.41) is 5.97. The molecule has 2 N–H and O–H groups in total. The maximum absolute atomic E-state index is 12.4. The van der Waals surface area contributed by atoms with Gasteiger partial charge in [-0.15, -0.1) is 0 Å². The second-order valence-corrected chi connectivity index (χ2v) is 7.56. The molecule has 6 nitrogen and oxygen atoms in total. The minimum Gasteiger partial charge on any atom is -0.336 e. The second-order valence-electron chi connectivity index (χ2n) is 7.56. The first-order chi connectivity index (χ1) is 13.1. The summed E-state index contributed by atoms with van der Waals surface area (Å²) in [6.45, 7) is 3.45. The molecule has 6 heteroatoms. The van der Waals surface area contributed by atoms with E-state index in [0.29, 0.717) is 12.6 Å². The normalized spacial score (nSPS) is 16.3. The van der Waals surface area contributed by atoms with Gasteiger partial charge in [0.15, 0.2) is 0 Å². The Hall–Kier alpha value is -2.34.